The molecule has 3 heteroatoms. The van der Waals surface area contributed by atoms with Crippen LogP contribution < -0.4 is 5.32 Å². The van der Waals surface area contributed by atoms with Gasteiger partial charge in [-0.15, -0.1) is 0 Å². The number of halogens is 2. The van der Waals surface area contributed by atoms with E-state index in [4.69, 9.17) is 23.2 Å². The lowest BCUT2D eigenvalue weighted by Crippen LogP contribution is -2.26. The first-order valence-corrected chi connectivity index (χ1v) is 6.89. The minimum atomic E-state index is 0.495. The van der Waals surface area contributed by atoms with Gasteiger partial charge in [0, 0.05) is 12.6 Å². The normalized spacial score (nSPS) is 22.9. The fourth-order valence-electron chi connectivity index (χ4n) is 2.52. The molecule has 1 aliphatic carbocycles. The van der Waals surface area contributed by atoms with Crippen molar-refractivity contribution in [3.05, 3.63) is 33.8 Å². The van der Waals surface area contributed by atoms with Crippen molar-refractivity contribution in [2.24, 2.45) is 5.41 Å². The third-order valence-electron chi connectivity index (χ3n) is 3.55. The van der Waals surface area contributed by atoms with E-state index in [1.165, 1.54) is 24.8 Å². The molecule has 94 valence electrons. The first-order chi connectivity index (χ1) is 7.96. The SMILES string of the molecule is CC1(C)CCC(NCc2ccc(Cl)c(Cl)c2)C1. The summed E-state index contributed by atoms with van der Waals surface area (Å²) in [6, 6.07) is 6.47. The van der Waals surface area contributed by atoms with Gasteiger partial charge in [0.05, 0.1) is 10.0 Å². The van der Waals surface area contributed by atoms with E-state index in [0.717, 1.165) is 6.54 Å². The van der Waals surface area contributed by atoms with Crippen molar-refractivity contribution in [3.63, 3.8) is 0 Å². The molecule has 0 saturated heterocycles. The summed E-state index contributed by atoms with van der Waals surface area (Å²) in [5, 5.41) is 4.86. The Kier molecular flexibility index (Phi) is 4.02. The van der Waals surface area contributed by atoms with Crippen LogP contribution in [0.2, 0.25) is 10.0 Å². The molecule has 1 unspecified atom stereocenters. The average molecular weight is 272 g/mol. The number of rotatable bonds is 3. The molecule has 0 amide bonds. The quantitative estimate of drug-likeness (QED) is 0.843. The molecule has 1 atom stereocenters. The van der Waals surface area contributed by atoms with Gasteiger partial charge >= 0.3 is 0 Å². The van der Waals surface area contributed by atoms with Crippen molar-refractivity contribution >= 4 is 23.2 Å². The second kappa shape index (κ2) is 5.17. The second-order valence-electron chi connectivity index (χ2n) is 5.73. The van der Waals surface area contributed by atoms with Crippen molar-refractivity contribution in [1.82, 2.24) is 5.32 Å². The molecule has 1 nitrogen and oxygen atoms in total. The molecule has 1 aromatic carbocycles. The maximum Gasteiger partial charge on any atom is 0.0595 e. The third-order valence-corrected chi connectivity index (χ3v) is 4.29. The zero-order valence-electron chi connectivity index (χ0n) is 10.4. The van der Waals surface area contributed by atoms with Crippen molar-refractivity contribution in [2.75, 3.05) is 0 Å². The molecule has 1 aliphatic rings. The predicted octanol–water partition coefficient (Wildman–Crippen LogP) is 4.66. The van der Waals surface area contributed by atoms with E-state index in [-0.39, 0.29) is 0 Å². The van der Waals surface area contributed by atoms with Crippen LogP contribution in [0.1, 0.15) is 38.7 Å². The highest BCUT2D eigenvalue weighted by Gasteiger charge is 2.30. The van der Waals surface area contributed by atoms with E-state index in [1.54, 1.807) is 0 Å². The first-order valence-electron chi connectivity index (χ1n) is 6.14. The molecular weight excluding hydrogens is 253 g/mol. The van der Waals surface area contributed by atoms with Crippen LogP contribution in [-0.4, -0.2) is 6.04 Å². The Morgan fingerprint density at radius 2 is 2.06 bits per heavy atom. The van der Waals surface area contributed by atoms with Gasteiger partial charge in [-0.2, -0.15) is 0 Å². The molecule has 0 spiro atoms. The van der Waals surface area contributed by atoms with Crippen LogP contribution >= 0.6 is 23.2 Å². The van der Waals surface area contributed by atoms with E-state index in [9.17, 15) is 0 Å². The minimum absolute atomic E-state index is 0.495. The summed E-state index contributed by atoms with van der Waals surface area (Å²) in [4.78, 5) is 0. The van der Waals surface area contributed by atoms with Gasteiger partial charge in [0.15, 0.2) is 0 Å². The standard InChI is InChI=1S/C14H19Cl2N/c1-14(2)6-5-11(8-14)17-9-10-3-4-12(15)13(16)7-10/h3-4,7,11,17H,5-6,8-9H2,1-2H3. The lowest BCUT2D eigenvalue weighted by atomic mass is 9.92. The molecule has 0 heterocycles. The largest absolute Gasteiger partial charge is 0.310 e. The van der Waals surface area contributed by atoms with E-state index >= 15 is 0 Å². The summed E-state index contributed by atoms with van der Waals surface area (Å²) in [5.41, 5.74) is 1.69. The van der Waals surface area contributed by atoms with E-state index in [0.29, 0.717) is 21.5 Å². The second-order valence-corrected chi connectivity index (χ2v) is 6.55. The number of benzene rings is 1. The van der Waals surface area contributed by atoms with Crippen LogP contribution in [0.4, 0.5) is 0 Å². The molecule has 0 radical (unpaired) electrons. The van der Waals surface area contributed by atoms with E-state index in [1.807, 2.05) is 18.2 Å². The van der Waals surface area contributed by atoms with Gasteiger partial charge in [-0.1, -0.05) is 43.1 Å². The Labute approximate surface area is 114 Å². The lowest BCUT2D eigenvalue weighted by Gasteiger charge is -2.18. The van der Waals surface area contributed by atoms with Crippen molar-refractivity contribution in [2.45, 2.75) is 45.7 Å². The molecule has 1 aromatic rings. The van der Waals surface area contributed by atoms with Gasteiger partial charge in [-0.05, 0) is 42.4 Å². The Bertz CT molecular complexity index is 401. The highest BCUT2D eigenvalue weighted by atomic mass is 35.5. The van der Waals surface area contributed by atoms with Crippen LogP contribution in [0.15, 0.2) is 18.2 Å². The fraction of sp³-hybridized carbons (Fsp3) is 0.571. The monoisotopic (exact) mass is 271 g/mol. The smallest absolute Gasteiger partial charge is 0.0595 e. The molecule has 17 heavy (non-hydrogen) atoms. The van der Waals surface area contributed by atoms with E-state index in [2.05, 4.69) is 19.2 Å². The van der Waals surface area contributed by atoms with Crippen molar-refractivity contribution < 1.29 is 0 Å². The molecule has 0 bridgehead atoms. The predicted molar refractivity (Wildman–Crippen MR) is 74.7 cm³/mol. The fourth-order valence-corrected chi connectivity index (χ4v) is 2.84. The summed E-state index contributed by atoms with van der Waals surface area (Å²) in [7, 11) is 0. The first kappa shape index (κ1) is 13.2. The highest BCUT2D eigenvalue weighted by molar-refractivity contribution is 6.42. The van der Waals surface area contributed by atoms with Crippen LogP contribution in [0.25, 0.3) is 0 Å². The van der Waals surface area contributed by atoms with Crippen LogP contribution in [0, 0.1) is 5.41 Å². The number of hydrogen-bond acceptors (Lipinski definition) is 1. The Hall–Kier alpha value is -0.240. The Morgan fingerprint density at radius 3 is 2.65 bits per heavy atom. The minimum Gasteiger partial charge on any atom is -0.310 e. The summed E-state index contributed by atoms with van der Waals surface area (Å²) < 4.78 is 0. The van der Waals surface area contributed by atoms with Gasteiger partial charge in [-0.25, -0.2) is 0 Å². The van der Waals surface area contributed by atoms with Gasteiger partial charge in [-0.3, -0.25) is 0 Å². The molecule has 1 saturated carbocycles. The van der Waals surface area contributed by atoms with Gasteiger partial charge in [0.1, 0.15) is 0 Å². The van der Waals surface area contributed by atoms with Crippen LogP contribution in [-0.2, 0) is 6.54 Å². The van der Waals surface area contributed by atoms with Crippen molar-refractivity contribution in [3.8, 4) is 0 Å². The number of nitrogens with one attached hydrogen (secondary N) is 1. The summed E-state index contributed by atoms with van der Waals surface area (Å²) in [6.07, 6.45) is 3.84. The van der Waals surface area contributed by atoms with E-state index < -0.39 is 0 Å². The molecule has 1 N–H and O–H groups in total. The maximum absolute atomic E-state index is 5.99. The highest BCUT2D eigenvalue weighted by Crippen LogP contribution is 2.37. The zero-order chi connectivity index (χ0) is 12.5. The molecule has 0 aliphatic heterocycles. The number of hydrogen-bond donors (Lipinski definition) is 1. The third kappa shape index (κ3) is 3.61. The zero-order valence-corrected chi connectivity index (χ0v) is 11.9. The summed E-state index contributed by atoms with van der Waals surface area (Å²) in [6.45, 7) is 5.55. The summed E-state index contributed by atoms with van der Waals surface area (Å²) >= 11 is 11.9. The lowest BCUT2D eigenvalue weighted by molar-refractivity contribution is 0.364. The van der Waals surface area contributed by atoms with Gasteiger partial charge in [0.2, 0.25) is 0 Å². The topological polar surface area (TPSA) is 12.0 Å². The van der Waals surface area contributed by atoms with Crippen molar-refractivity contribution in [1.29, 1.82) is 0 Å². The van der Waals surface area contributed by atoms with Gasteiger partial charge < -0.3 is 5.32 Å². The van der Waals surface area contributed by atoms with Gasteiger partial charge in [0.25, 0.3) is 0 Å². The Balaban J connectivity index is 1.88. The van der Waals surface area contributed by atoms with Crippen LogP contribution in [0.3, 0.4) is 0 Å². The average Bonchev–Trinajstić information content (AvgIpc) is 2.60. The molecule has 1 fully saturated rings. The molecule has 0 aromatic heterocycles. The van der Waals surface area contributed by atoms with Crippen LogP contribution in [0.5, 0.6) is 0 Å². The maximum atomic E-state index is 5.99. The Morgan fingerprint density at radius 1 is 1.29 bits per heavy atom. The molecule has 2 rings (SSSR count). The molecular formula is C14H19Cl2N. The summed E-state index contributed by atoms with van der Waals surface area (Å²) in [5.74, 6) is 0.